The van der Waals surface area contributed by atoms with Crippen molar-refractivity contribution in [1.29, 1.82) is 0 Å². The molecule has 2 rings (SSSR count). The number of hydrogen-bond acceptors (Lipinski definition) is 3. The van der Waals surface area contributed by atoms with E-state index in [9.17, 15) is 4.39 Å². The molecule has 106 valence electrons. The monoisotopic (exact) mass is 265 g/mol. The number of piperidine rings is 1. The first kappa shape index (κ1) is 14.3. The molecule has 0 radical (unpaired) electrons. The normalized spacial score (nSPS) is 17.5. The SMILES string of the molecule is CC(C)c1ccc(N2CCC(N(C)C)CC2)c(F)n1. The molecule has 0 aliphatic carbocycles. The summed E-state index contributed by atoms with van der Waals surface area (Å²) in [6, 6.07) is 4.44. The van der Waals surface area contributed by atoms with E-state index >= 15 is 0 Å². The van der Waals surface area contributed by atoms with Crippen LogP contribution in [-0.4, -0.2) is 43.1 Å². The Balaban J connectivity index is 2.07. The van der Waals surface area contributed by atoms with Crippen LogP contribution in [0.3, 0.4) is 0 Å². The molecule has 0 saturated carbocycles. The summed E-state index contributed by atoms with van der Waals surface area (Å²) in [5, 5.41) is 0. The quantitative estimate of drug-likeness (QED) is 0.783. The van der Waals surface area contributed by atoms with Crippen molar-refractivity contribution in [3.05, 3.63) is 23.8 Å². The highest BCUT2D eigenvalue weighted by Crippen LogP contribution is 2.25. The second-order valence-electron chi connectivity index (χ2n) is 5.88. The van der Waals surface area contributed by atoms with Gasteiger partial charge in [-0.3, -0.25) is 0 Å². The third-order valence-electron chi connectivity index (χ3n) is 3.98. The lowest BCUT2D eigenvalue weighted by molar-refractivity contribution is 0.249. The molecule has 4 heteroatoms. The Morgan fingerprint density at radius 3 is 2.37 bits per heavy atom. The summed E-state index contributed by atoms with van der Waals surface area (Å²) < 4.78 is 14.1. The number of pyridine rings is 1. The number of halogens is 1. The maximum atomic E-state index is 14.1. The minimum atomic E-state index is -0.325. The van der Waals surface area contributed by atoms with Gasteiger partial charge >= 0.3 is 0 Å². The van der Waals surface area contributed by atoms with Gasteiger partial charge in [0.1, 0.15) is 0 Å². The van der Waals surface area contributed by atoms with E-state index in [1.54, 1.807) is 0 Å². The summed E-state index contributed by atoms with van der Waals surface area (Å²) in [6.07, 6.45) is 2.16. The molecule has 0 aromatic carbocycles. The lowest BCUT2D eigenvalue weighted by Crippen LogP contribution is -2.42. The first-order valence-corrected chi connectivity index (χ1v) is 7.07. The third-order valence-corrected chi connectivity index (χ3v) is 3.98. The molecule has 1 aromatic rings. The van der Waals surface area contributed by atoms with Crippen LogP contribution in [0.5, 0.6) is 0 Å². The Kier molecular flexibility index (Phi) is 4.40. The van der Waals surface area contributed by atoms with E-state index in [1.165, 1.54) is 0 Å². The Morgan fingerprint density at radius 2 is 1.89 bits per heavy atom. The molecule has 1 aliphatic rings. The fourth-order valence-corrected chi connectivity index (χ4v) is 2.62. The lowest BCUT2D eigenvalue weighted by Gasteiger charge is -2.36. The number of nitrogens with zero attached hydrogens (tertiary/aromatic N) is 3. The highest BCUT2D eigenvalue weighted by molar-refractivity contribution is 5.46. The number of rotatable bonds is 3. The van der Waals surface area contributed by atoms with Crippen LogP contribution in [-0.2, 0) is 0 Å². The van der Waals surface area contributed by atoms with E-state index in [1.807, 2.05) is 26.0 Å². The van der Waals surface area contributed by atoms with Gasteiger partial charge in [-0.2, -0.15) is 4.39 Å². The van der Waals surface area contributed by atoms with Crippen LogP contribution in [0.4, 0.5) is 10.1 Å². The van der Waals surface area contributed by atoms with Crippen molar-refractivity contribution in [2.45, 2.75) is 38.6 Å². The molecule has 0 N–H and O–H groups in total. The van der Waals surface area contributed by atoms with Crippen LogP contribution in [0.1, 0.15) is 38.3 Å². The summed E-state index contributed by atoms with van der Waals surface area (Å²) in [5.74, 6) is -0.0578. The fraction of sp³-hybridized carbons (Fsp3) is 0.667. The molecule has 1 aromatic heterocycles. The predicted molar refractivity (Wildman–Crippen MR) is 77.2 cm³/mol. The van der Waals surface area contributed by atoms with E-state index in [-0.39, 0.29) is 11.9 Å². The van der Waals surface area contributed by atoms with Gasteiger partial charge in [-0.15, -0.1) is 0 Å². The lowest BCUT2D eigenvalue weighted by atomic mass is 10.0. The van der Waals surface area contributed by atoms with Crippen molar-refractivity contribution in [3.8, 4) is 0 Å². The van der Waals surface area contributed by atoms with Crippen molar-refractivity contribution in [2.24, 2.45) is 0 Å². The van der Waals surface area contributed by atoms with Gasteiger partial charge in [-0.1, -0.05) is 13.8 Å². The van der Waals surface area contributed by atoms with Crippen molar-refractivity contribution < 1.29 is 4.39 Å². The summed E-state index contributed by atoms with van der Waals surface area (Å²) in [7, 11) is 4.22. The van der Waals surface area contributed by atoms with Gasteiger partial charge in [0.2, 0.25) is 5.95 Å². The molecular weight excluding hydrogens is 241 g/mol. The summed E-state index contributed by atoms with van der Waals surface area (Å²) in [5.41, 5.74) is 1.48. The average Bonchev–Trinajstić information content (AvgIpc) is 2.38. The maximum Gasteiger partial charge on any atom is 0.236 e. The van der Waals surface area contributed by atoms with Crippen LogP contribution in [0, 0.1) is 5.95 Å². The zero-order chi connectivity index (χ0) is 14.0. The standard InChI is InChI=1S/C15H24FN3/c1-11(2)13-5-6-14(15(16)17-13)19-9-7-12(8-10-19)18(3)4/h5-6,11-12H,7-10H2,1-4H3. The molecule has 1 fully saturated rings. The van der Waals surface area contributed by atoms with Crippen molar-refractivity contribution >= 4 is 5.69 Å². The van der Waals surface area contributed by atoms with Gasteiger partial charge < -0.3 is 9.80 Å². The van der Waals surface area contributed by atoms with Gasteiger partial charge in [-0.05, 0) is 45.0 Å². The smallest absolute Gasteiger partial charge is 0.236 e. The molecule has 1 saturated heterocycles. The molecular formula is C15H24FN3. The van der Waals surface area contributed by atoms with E-state index in [0.29, 0.717) is 11.7 Å². The first-order chi connectivity index (χ1) is 8.99. The van der Waals surface area contributed by atoms with Gasteiger partial charge in [0.05, 0.1) is 5.69 Å². The predicted octanol–water partition coefficient (Wildman–Crippen LogP) is 2.87. The fourth-order valence-electron chi connectivity index (χ4n) is 2.62. The number of aromatic nitrogens is 1. The number of anilines is 1. The Hall–Kier alpha value is -1.16. The van der Waals surface area contributed by atoms with Crippen molar-refractivity contribution in [2.75, 3.05) is 32.1 Å². The first-order valence-electron chi connectivity index (χ1n) is 7.07. The topological polar surface area (TPSA) is 19.4 Å². The largest absolute Gasteiger partial charge is 0.368 e. The van der Waals surface area contributed by atoms with Crippen LogP contribution >= 0.6 is 0 Å². The van der Waals surface area contributed by atoms with Gasteiger partial charge in [0.25, 0.3) is 0 Å². The minimum Gasteiger partial charge on any atom is -0.368 e. The zero-order valence-corrected chi connectivity index (χ0v) is 12.4. The second kappa shape index (κ2) is 5.87. The van der Waals surface area contributed by atoms with Gasteiger partial charge in [0, 0.05) is 24.8 Å². The molecule has 0 spiro atoms. The van der Waals surface area contributed by atoms with Crippen LogP contribution in [0.2, 0.25) is 0 Å². The molecule has 0 unspecified atom stereocenters. The Morgan fingerprint density at radius 1 is 1.26 bits per heavy atom. The van der Waals surface area contributed by atoms with Gasteiger partial charge in [-0.25, -0.2) is 4.98 Å². The molecule has 19 heavy (non-hydrogen) atoms. The molecule has 0 atom stereocenters. The van der Waals surface area contributed by atoms with E-state index in [0.717, 1.165) is 31.6 Å². The Bertz CT molecular complexity index is 423. The van der Waals surface area contributed by atoms with Crippen LogP contribution < -0.4 is 4.90 Å². The molecule has 0 bridgehead atoms. The third kappa shape index (κ3) is 3.24. The molecule has 3 nitrogen and oxygen atoms in total. The van der Waals surface area contributed by atoms with Crippen molar-refractivity contribution in [3.63, 3.8) is 0 Å². The maximum absolute atomic E-state index is 14.1. The molecule has 2 heterocycles. The van der Waals surface area contributed by atoms with Crippen LogP contribution in [0.15, 0.2) is 12.1 Å². The minimum absolute atomic E-state index is 0.267. The van der Waals surface area contributed by atoms with E-state index in [4.69, 9.17) is 0 Å². The van der Waals surface area contributed by atoms with E-state index in [2.05, 4.69) is 28.9 Å². The molecule has 0 amide bonds. The highest BCUT2D eigenvalue weighted by Gasteiger charge is 2.23. The highest BCUT2D eigenvalue weighted by atomic mass is 19.1. The van der Waals surface area contributed by atoms with Crippen LogP contribution in [0.25, 0.3) is 0 Å². The summed E-state index contributed by atoms with van der Waals surface area (Å²) >= 11 is 0. The second-order valence-corrected chi connectivity index (χ2v) is 5.88. The van der Waals surface area contributed by atoms with Crippen molar-refractivity contribution in [1.82, 2.24) is 9.88 Å². The number of hydrogen-bond donors (Lipinski definition) is 0. The average molecular weight is 265 g/mol. The zero-order valence-electron chi connectivity index (χ0n) is 12.4. The summed E-state index contributed by atoms with van der Waals surface area (Å²) in [4.78, 5) is 8.46. The molecule has 1 aliphatic heterocycles. The van der Waals surface area contributed by atoms with Gasteiger partial charge in [0.15, 0.2) is 0 Å². The summed E-state index contributed by atoms with van der Waals surface area (Å²) in [6.45, 7) is 5.87. The van der Waals surface area contributed by atoms with E-state index < -0.39 is 0 Å². The Labute approximate surface area is 115 Å².